The van der Waals surface area contributed by atoms with Crippen LogP contribution in [0.1, 0.15) is 43.1 Å². The van der Waals surface area contributed by atoms with E-state index in [2.05, 4.69) is 36.0 Å². The Balaban J connectivity index is 1.62. The number of aromatic nitrogens is 3. The summed E-state index contributed by atoms with van der Waals surface area (Å²) in [6.45, 7) is 6.42. The highest BCUT2D eigenvalue weighted by Crippen LogP contribution is 2.34. The molecule has 0 atom stereocenters. The molecule has 0 aliphatic heterocycles. The first-order chi connectivity index (χ1) is 14.2. The lowest BCUT2D eigenvalue weighted by Crippen LogP contribution is -2.10. The van der Waals surface area contributed by atoms with Crippen molar-refractivity contribution in [2.75, 3.05) is 0 Å². The normalized spacial score (nSPS) is 11.9. The van der Waals surface area contributed by atoms with Crippen molar-refractivity contribution >= 4 is 27.5 Å². The molecule has 4 aromatic rings. The first-order valence-electron chi connectivity index (χ1n) is 9.42. The predicted molar refractivity (Wildman–Crippen MR) is 112 cm³/mol. The Kier molecular flexibility index (Phi) is 5.11. The van der Waals surface area contributed by atoms with Crippen LogP contribution in [0.5, 0.6) is 0 Å². The third-order valence-electron chi connectivity index (χ3n) is 4.72. The van der Waals surface area contributed by atoms with Crippen LogP contribution in [0, 0.1) is 5.82 Å². The number of hydrogen-bond acceptors (Lipinski definition) is 6. The Morgan fingerprint density at radius 2 is 1.80 bits per heavy atom. The lowest BCUT2D eigenvalue weighted by Gasteiger charge is -2.19. The summed E-state index contributed by atoms with van der Waals surface area (Å²) < 4.78 is 21.0. The molecule has 0 amide bonds. The average Bonchev–Trinajstić information content (AvgIpc) is 3.28. The molecule has 0 unspecified atom stereocenters. The van der Waals surface area contributed by atoms with E-state index in [1.807, 2.05) is 24.3 Å². The molecule has 0 saturated heterocycles. The van der Waals surface area contributed by atoms with Crippen molar-refractivity contribution in [1.82, 2.24) is 15.2 Å². The number of nitrogens with zero attached hydrogens (tertiary/aromatic N) is 3. The molecule has 6 nitrogen and oxygen atoms in total. The topological polar surface area (TPSA) is 89.1 Å². The zero-order valence-corrected chi connectivity index (χ0v) is 17.6. The standard InChI is InChI=1S/C22H20FN3O3S/c1-22(2,3)13-6-4-12(5-7-13)14-8-9-15-21(20(14)23)30-18(24-15)10-16-25-26-17(29-16)11-19(27)28/h4-9H,10-11H2,1-3H3,(H,27,28). The van der Waals surface area contributed by atoms with Crippen molar-refractivity contribution in [3.8, 4) is 11.1 Å². The number of carboxylic acid groups (broad SMARTS) is 1. The number of fused-ring (bicyclic) bond motifs is 1. The van der Waals surface area contributed by atoms with Gasteiger partial charge in [0.05, 0.1) is 16.6 Å². The van der Waals surface area contributed by atoms with Gasteiger partial charge in [-0.25, -0.2) is 9.37 Å². The fraction of sp³-hybridized carbons (Fsp3) is 0.273. The maximum atomic E-state index is 15.2. The van der Waals surface area contributed by atoms with Crippen LogP contribution in [0.2, 0.25) is 0 Å². The van der Waals surface area contributed by atoms with Gasteiger partial charge in [0.25, 0.3) is 0 Å². The van der Waals surface area contributed by atoms with Crippen LogP contribution in [0.3, 0.4) is 0 Å². The number of halogens is 1. The van der Waals surface area contributed by atoms with Gasteiger partial charge >= 0.3 is 5.97 Å². The van der Waals surface area contributed by atoms with Crippen molar-refractivity contribution < 1.29 is 18.7 Å². The molecule has 8 heteroatoms. The molecule has 0 bridgehead atoms. The summed E-state index contributed by atoms with van der Waals surface area (Å²) in [5.74, 6) is -1.07. The second kappa shape index (κ2) is 7.60. The summed E-state index contributed by atoms with van der Waals surface area (Å²) in [6, 6.07) is 11.5. The Morgan fingerprint density at radius 3 is 2.47 bits per heavy atom. The fourth-order valence-corrected chi connectivity index (χ4v) is 4.14. The minimum Gasteiger partial charge on any atom is -0.481 e. The van der Waals surface area contributed by atoms with Gasteiger partial charge < -0.3 is 9.52 Å². The smallest absolute Gasteiger partial charge is 0.312 e. The molecule has 2 aromatic carbocycles. The number of rotatable bonds is 5. The van der Waals surface area contributed by atoms with Gasteiger partial charge in [-0.3, -0.25) is 4.79 Å². The number of thiazole rings is 1. The van der Waals surface area contributed by atoms with E-state index in [-0.39, 0.29) is 35.9 Å². The monoisotopic (exact) mass is 425 g/mol. The van der Waals surface area contributed by atoms with Crippen molar-refractivity contribution in [2.45, 2.75) is 39.0 Å². The van der Waals surface area contributed by atoms with Gasteiger partial charge in [0.1, 0.15) is 17.2 Å². The molecular weight excluding hydrogens is 405 g/mol. The number of carbonyl (C=O) groups is 1. The van der Waals surface area contributed by atoms with Crippen LogP contribution < -0.4 is 0 Å². The minimum absolute atomic E-state index is 0.0331. The quantitative estimate of drug-likeness (QED) is 0.484. The molecule has 30 heavy (non-hydrogen) atoms. The molecule has 2 heterocycles. The summed E-state index contributed by atoms with van der Waals surface area (Å²) >= 11 is 1.23. The number of benzene rings is 2. The third-order valence-corrected chi connectivity index (χ3v) is 5.78. The predicted octanol–water partition coefficient (Wildman–Crippen LogP) is 5.00. The second-order valence-electron chi connectivity index (χ2n) is 8.05. The van der Waals surface area contributed by atoms with Crippen molar-refractivity contribution in [3.63, 3.8) is 0 Å². The highest BCUT2D eigenvalue weighted by molar-refractivity contribution is 7.18. The van der Waals surface area contributed by atoms with E-state index in [4.69, 9.17) is 9.52 Å². The summed E-state index contributed by atoms with van der Waals surface area (Å²) in [4.78, 5) is 15.2. The number of aliphatic carboxylic acids is 1. The Labute approximate surface area is 176 Å². The Bertz CT molecular complexity index is 1220. The summed E-state index contributed by atoms with van der Waals surface area (Å²) in [5, 5.41) is 17.0. The van der Waals surface area contributed by atoms with Crippen LogP contribution in [-0.2, 0) is 23.1 Å². The minimum atomic E-state index is -1.05. The molecule has 1 N–H and O–H groups in total. The molecule has 0 fully saturated rings. The number of carboxylic acids is 1. The van der Waals surface area contributed by atoms with Gasteiger partial charge in [0, 0.05) is 5.56 Å². The van der Waals surface area contributed by atoms with E-state index in [0.717, 1.165) is 5.56 Å². The average molecular weight is 425 g/mol. The van der Waals surface area contributed by atoms with Crippen molar-refractivity contribution in [2.24, 2.45) is 0 Å². The lowest BCUT2D eigenvalue weighted by atomic mass is 9.86. The zero-order valence-electron chi connectivity index (χ0n) is 16.8. The van der Waals surface area contributed by atoms with E-state index in [0.29, 0.717) is 20.8 Å². The zero-order chi connectivity index (χ0) is 21.5. The van der Waals surface area contributed by atoms with Crippen molar-refractivity contribution in [1.29, 1.82) is 0 Å². The van der Waals surface area contributed by atoms with E-state index in [9.17, 15) is 4.79 Å². The molecule has 0 aliphatic rings. The maximum Gasteiger partial charge on any atom is 0.312 e. The van der Waals surface area contributed by atoms with Gasteiger partial charge in [0.15, 0.2) is 0 Å². The second-order valence-corrected chi connectivity index (χ2v) is 9.13. The third kappa shape index (κ3) is 4.09. The largest absolute Gasteiger partial charge is 0.481 e. The number of hydrogen-bond donors (Lipinski definition) is 1. The van der Waals surface area contributed by atoms with E-state index >= 15 is 4.39 Å². The van der Waals surface area contributed by atoms with E-state index in [1.165, 1.54) is 16.9 Å². The van der Waals surface area contributed by atoms with Crippen LogP contribution in [-0.4, -0.2) is 26.3 Å². The molecule has 0 radical (unpaired) electrons. The first-order valence-corrected chi connectivity index (χ1v) is 10.2. The van der Waals surface area contributed by atoms with Gasteiger partial charge in [-0.1, -0.05) is 45.0 Å². The highest BCUT2D eigenvalue weighted by atomic mass is 32.1. The van der Waals surface area contributed by atoms with Gasteiger partial charge in [0.2, 0.25) is 11.8 Å². The molecule has 0 spiro atoms. The van der Waals surface area contributed by atoms with Crippen LogP contribution in [0.4, 0.5) is 4.39 Å². The Hall–Kier alpha value is -3.13. The molecule has 0 aliphatic carbocycles. The van der Waals surface area contributed by atoms with Crippen LogP contribution in [0.15, 0.2) is 40.8 Å². The summed E-state index contributed by atoms with van der Waals surface area (Å²) in [6.07, 6.45) is -0.111. The SMILES string of the molecule is CC(C)(C)c1ccc(-c2ccc3nc(Cc4nnc(CC(=O)O)o4)sc3c2F)cc1. The Morgan fingerprint density at radius 1 is 1.10 bits per heavy atom. The first kappa shape index (κ1) is 20.2. The molecule has 2 aromatic heterocycles. The fourth-order valence-electron chi connectivity index (χ4n) is 3.14. The molecule has 0 saturated carbocycles. The van der Waals surface area contributed by atoms with Gasteiger partial charge in [-0.15, -0.1) is 21.5 Å². The summed E-state index contributed by atoms with van der Waals surface area (Å²) in [7, 11) is 0. The highest BCUT2D eigenvalue weighted by Gasteiger charge is 2.18. The molecular formula is C22H20FN3O3S. The van der Waals surface area contributed by atoms with E-state index < -0.39 is 5.97 Å². The van der Waals surface area contributed by atoms with Gasteiger partial charge in [-0.2, -0.15) is 0 Å². The van der Waals surface area contributed by atoms with Crippen molar-refractivity contribution in [3.05, 3.63) is 64.6 Å². The van der Waals surface area contributed by atoms with Crippen LogP contribution in [0.25, 0.3) is 21.3 Å². The van der Waals surface area contributed by atoms with Crippen LogP contribution >= 0.6 is 11.3 Å². The molecule has 4 rings (SSSR count). The lowest BCUT2D eigenvalue weighted by molar-refractivity contribution is -0.136. The van der Waals surface area contributed by atoms with Gasteiger partial charge in [-0.05, 0) is 28.7 Å². The maximum absolute atomic E-state index is 15.2. The van der Waals surface area contributed by atoms with E-state index in [1.54, 1.807) is 12.1 Å². The summed E-state index contributed by atoms with van der Waals surface area (Å²) in [5.41, 5.74) is 3.13. The molecule has 154 valence electrons.